The smallest absolute Gasteiger partial charge is 0.250 e. The molecule has 0 bridgehead atoms. The van der Waals surface area contributed by atoms with E-state index < -0.39 is 0 Å². The molecule has 0 unspecified atom stereocenters. The zero-order chi connectivity index (χ0) is 25.9. The van der Waals surface area contributed by atoms with Gasteiger partial charge in [0.05, 0.1) is 16.8 Å². The van der Waals surface area contributed by atoms with Crippen molar-refractivity contribution in [2.75, 3.05) is 23.9 Å². The molecule has 37 heavy (non-hydrogen) atoms. The number of halogens is 2. The van der Waals surface area contributed by atoms with Crippen LogP contribution in [0.1, 0.15) is 23.5 Å². The van der Waals surface area contributed by atoms with E-state index in [0.717, 1.165) is 16.9 Å². The van der Waals surface area contributed by atoms with Crippen molar-refractivity contribution in [1.82, 2.24) is 10.3 Å². The summed E-state index contributed by atoms with van der Waals surface area (Å²) in [6, 6.07) is 21.7. The maximum absolute atomic E-state index is 11.9. The Bertz CT molecular complexity index is 1430. The van der Waals surface area contributed by atoms with Gasteiger partial charge >= 0.3 is 0 Å². The van der Waals surface area contributed by atoms with Crippen molar-refractivity contribution >= 4 is 57.8 Å². The Morgan fingerprint density at radius 1 is 1.14 bits per heavy atom. The number of anilines is 2. The van der Waals surface area contributed by atoms with Gasteiger partial charge in [0.1, 0.15) is 24.2 Å². The largest absolute Gasteiger partial charge is 0.459 e. The average Bonchev–Trinajstić information content (AvgIpc) is 3.50. The summed E-state index contributed by atoms with van der Waals surface area (Å²) in [6.07, 6.45) is 1.75. The van der Waals surface area contributed by atoms with Gasteiger partial charge in [-0.05, 0) is 78.9 Å². The first kappa shape index (κ1) is 25.2. The van der Waals surface area contributed by atoms with Gasteiger partial charge in [-0.2, -0.15) is 0 Å². The fourth-order valence-electron chi connectivity index (χ4n) is 4.30. The Labute approximate surface area is 229 Å². The Balaban J connectivity index is 1.52. The van der Waals surface area contributed by atoms with Crippen molar-refractivity contribution < 1.29 is 13.9 Å². The molecule has 10 heteroatoms. The molecule has 7 nitrogen and oxygen atoms in total. The number of nitrogens with zero attached hydrogens (tertiary/aromatic N) is 2. The van der Waals surface area contributed by atoms with Crippen molar-refractivity contribution in [2.24, 2.45) is 0 Å². The highest BCUT2D eigenvalue weighted by Gasteiger charge is 2.42. The molecule has 2 N–H and O–H groups in total. The highest BCUT2D eigenvalue weighted by molar-refractivity contribution is 7.80. The highest BCUT2D eigenvalue weighted by atomic mass is 35.5. The number of methoxy groups -OCH3 is 1. The zero-order valence-corrected chi connectivity index (χ0v) is 22.0. The van der Waals surface area contributed by atoms with Crippen molar-refractivity contribution in [2.45, 2.75) is 12.1 Å². The van der Waals surface area contributed by atoms with Crippen molar-refractivity contribution in [3.8, 4) is 11.3 Å². The predicted octanol–water partition coefficient (Wildman–Crippen LogP) is 6.41. The first-order chi connectivity index (χ1) is 17.9. The molecule has 1 aliphatic heterocycles. The van der Waals surface area contributed by atoms with Crippen LogP contribution in [0.3, 0.4) is 0 Å². The topological polar surface area (TPSA) is 79.6 Å². The number of rotatable bonds is 7. The number of carbonyl (C=O) groups excluding carboxylic acids is 1. The van der Waals surface area contributed by atoms with Crippen LogP contribution in [-0.4, -0.2) is 29.7 Å². The molecular formula is C27H22Cl2N4O3S. The fourth-order valence-corrected chi connectivity index (χ4v) is 5.15. The Kier molecular flexibility index (Phi) is 7.43. The molecule has 0 saturated carbocycles. The molecular weight excluding hydrogens is 531 g/mol. The van der Waals surface area contributed by atoms with Crippen LogP contribution >= 0.6 is 35.4 Å². The minimum absolute atomic E-state index is 0.0197. The summed E-state index contributed by atoms with van der Waals surface area (Å²) < 4.78 is 11.2. The van der Waals surface area contributed by atoms with Gasteiger partial charge < -0.3 is 24.7 Å². The van der Waals surface area contributed by atoms with Crippen molar-refractivity contribution in [1.29, 1.82) is 0 Å². The number of ether oxygens (including phenoxy) is 1. The van der Waals surface area contributed by atoms with Crippen molar-refractivity contribution in [3.05, 3.63) is 100 Å². The van der Waals surface area contributed by atoms with Gasteiger partial charge in [-0.25, -0.2) is 0 Å². The maximum atomic E-state index is 11.9. The molecule has 1 fully saturated rings. The fraction of sp³-hybridized carbons (Fsp3) is 0.148. The monoisotopic (exact) mass is 552 g/mol. The van der Waals surface area contributed by atoms with E-state index in [2.05, 4.69) is 15.6 Å². The van der Waals surface area contributed by atoms with Crippen LogP contribution in [0.15, 0.2) is 83.4 Å². The summed E-state index contributed by atoms with van der Waals surface area (Å²) >= 11 is 18.3. The van der Waals surface area contributed by atoms with Crippen LogP contribution < -0.4 is 15.5 Å². The second-order valence-corrected chi connectivity index (χ2v) is 9.58. The van der Waals surface area contributed by atoms with E-state index in [1.54, 1.807) is 18.3 Å². The number of hydrogen-bond acceptors (Lipinski definition) is 5. The maximum Gasteiger partial charge on any atom is 0.250 e. The normalized spacial score (nSPS) is 17.1. The Morgan fingerprint density at radius 3 is 2.65 bits per heavy atom. The van der Waals surface area contributed by atoms with Gasteiger partial charge in [-0.1, -0.05) is 29.3 Å². The molecule has 0 spiro atoms. The SMILES string of the molecule is COCC(=O)Nc1ccc(N2C(=S)N[C@H](c3ccccn3)[C@@H]2c2ccc(-c3ccc(Cl)cc3Cl)o2)cc1. The van der Waals surface area contributed by atoms with Gasteiger partial charge in [0, 0.05) is 35.3 Å². The molecule has 0 radical (unpaired) electrons. The van der Waals surface area contributed by atoms with E-state index in [1.807, 2.05) is 65.6 Å². The van der Waals surface area contributed by atoms with E-state index >= 15 is 0 Å². The number of furan rings is 1. The number of nitrogens with one attached hydrogen (secondary N) is 2. The molecule has 3 heterocycles. The number of hydrogen-bond donors (Lipinski definition) is 2. The summed E-state index contributed by atoms with van der Waals surface area (Å²) in [5.41, 5.74) is 3.04. The van der Waals surface area contributed by atoms with Crippen LogP contribution in [-0.2, 0) is 9.53 Å². The lowest BCUT2D eigenvalue weighted by Crippen LogP contribution is -2.29. The van der Waals surface area contributed by atoms with Gasteiger partial charge in [0.2, 0.25) is 5.91 Å². The molecule has 1 aliphatic rings. The number of thiocarbonyl (C=S) groups is 1. The number of amides is 1. The Morgan fingerprint density at radius 2 is 1.95 bits per heavy atom. The van der Waals surface area contributed by atoms with Gasteiger partial charge in [0.25, 0.3) is 0 Å². The molecule has 2 aromatic carbocycles. The molecule has 0 aliphatic carbocycles. The Hall–Kier alpha value is -3.43. The predicted molar refractivity (Wildman–Crippen MR) is 149 cm³/mol. The average molecular weight is 553 g/mol. The van der Waals surface area contributed by atoms with E-state index in [0.29, 0.717) is 32.4 Å². The van der Waals surface area contributed by atoms with E-state index in [9.17, 15) is 4.79 Å². The summed E-state index contributed by atoms with van der Waals surface area (Å²) in [6.45, 7) is -0.0197. The summed E-state index contributed by atoms with van der Waals surface area (Å²) in [7, 11) is 1.48. The van der Waals surface area contributed by atoms with Crippen LogP contribution in [0, 0.1) is 0 Å². The number of carbonyl (C=O) groups is 1. The van der Waals surface area contributed by atoms with Crippen LogP contribution in [0.25, 0.3) is 11.3 Å². The molecule has 188 valence electrons. The molecule has 5 rings (SSSR count). The third-order valence-corrected chi connectivity index (χ3v) is 6.78. The van der Waals surface area contributed by atoms with Gasteiger partial charge in [0.15, 0.2) is 5.11 Å². The third-order valence-electron chi connectivity index (χ3n) is 5.92. The van der Waals surface area contributed by atoms with Crippen LogP contribution in [0.5, 0.6) is 0 Å². The van der Waals surface area contributed by atoms with Crippen LogP contribution in [0.2, 0.25) is 10.0 Å². The third kappa shape index (κ3) is 5.33. The number of aromatic nitrogens is 1. The molecule has 4 aromatic rings. The zero-order valence-electron chi connectivity index (χ0n) is 19.7. The second-order valence-electron chi connectivity index (χ2n) is 8.35. The van der Waals surface area contributed by atoms with Gasteiger partial charge in [-0.3, -0.25) is 9.78 Å². The second kappa shape index (κ2) is 10.9. The first-order valence-electron chi connectivity index (χ1n) is 11.4. The first-order valence-corrected chi connectivity index (χ1v) is 12.6. The van der Waals surface area contributed by atoms with Gasteiger partial charge in [-0.15, -0.1) is 0 Å². The molecule has 2 aromatic heterocycles. The lowest BCUT2D eigenvalue weighted by molar-refractivity contribution is -0.119. The summed E-state index contributed by atoms with van der Waals surface area (Å²) in [5.74, 6) is 1.07. The summed E-state index contributed by atoms with van der Waals surface area (Å²) in [4.78, 5) is 18.4. The van der Waals surface area contributed by atoms with E-state index in [1.165, 1.54) is 7.11 Å². The standard InChI is InChI=1S/C27H22Cl2N4O3S/c1-35-15-24(34)31-17-6-8-18(9-7-17)33-26(25(32-27(33)37)21-4-2-3-13-30-21)23-12-11-22(36-23)19-10-5-16(28)14-20(19)29/h2-14,25-26H,15H2,1H3,(H,31,34)(H,32,37)/t25-,26+/m1/s1. The lowest BCUT2D eigenvalue weighted by Gasteiger charge is -2.26. The van der Waals surface area contributed by atoms with E-state index in [4.69, 9.17) is 44.6 Å². The quantitative estimate of drug-likeness (QED) is 0.256. The summed E-state index contributed by atoms with van der Waals surface area (Å²) in [5, 5.41) is 7.78. The highest BCUT2D eigenvalue weighted by Crippen LogP contribution is 2.43. The van der Waals surface area contributed by atoms with E-state index in [-0.39, 0.29) is 24.6 Å². The molecule has 1 saturated heterocycles. The van der Waals surface area contributed by atoms with Crippen molar-refractivity contribution in [3.63, 3.8) is 0 Å². The minimum atomic E-state index is -0.337. The number of benzene rings is 2. The lowest BCUT2D eigenvalue weighted by atomic mass is 10.0. The minimum Gasteiger partial charge on any atom is -0.459 e. The van der Waals surface area contributed by atoms with Crippen LogP contribution in [0.4, 0.5) is 11.4 Å². The molecule has 1 amide bonds. The number of pyridine rings is 1. The molecule has 2 atom stereocenters.